The third-order valence-corrected chi connectivity index (χ3v) is 7.82. The average molecular weight is 539 g/mol. The first-order chi connectivity index (χ1) is 18.6. The molecule has 0 aliphatic rings. The molecule has 1 unspecified atom stereocenters. The smallest absolute Gasteiger partial charge is 0.306 e. The highest BCUT2D eigenvalue weighted by atomic mass is 16.5. The van der Waals surface area contributed by atoms with E-state index in [1.165, 1.54) is 141 Å². The summed E-state index contributed by atoms with van der Waals surface area (Å²) in [4.78, 5) is 22.5. The molecule has 1 N–H and O–H groups in total. The normalized spacial score (nSPS) is 12.1. The first-order valence-electron chi connectivity index (χ1n) is 17.0. The Bertz CT molecular complexity index is 505. The van der Waals surface area contributed by atoms with Gasteiger partial charge in [0, 0.05) is 12.8 Å². The second kappa shape index (κ2) is 30.5. The van der Waals surface area contributed by atoms with E-state index in [2.05, 4.69) is 13.8 Å². The molecule has 0 bridgehead atoms. The molecule has 0 aliphatic carbocycles. The molecule has 0 rings (SSSR count). The molecular formula is C34H66O4. The fourth-order valence-electron chi connectivity index (χ4n) is 5.28. The Kier molecular flexibility index (Phi) is 29.6. The van der Waals surface area contributed by atoms with Gasteiger partial charge >= 0.3 is 11.9 Å². The minimum atomic E-state index is -0.665. The van der Waals surface area contributed by atoms with E-state index in [0.29, 0.717) is 12.8 Å². The minimum absolute atomic E-state index is 0.00385. The molecule has 0 saturated carbocycles. The van der Waals surface area contributed by atoms with Crippen LogP contribution in [-0.4, -0.2) is 23.1 Å². The number of aliphatic carboxylic acids is 1. The summed E-state index contributed by atoms with van der Waals surface area (Å²) in [5.41, 5.74) is 0. The Morgan fingerprint density at radius 3 is 1.18 bits per heavy atom. The molecule has 4 nitrogen and oxygen atoms in total. The number of carboxylic acid groups (broad SMARTS) is 1. The molecule has 0 aromatic rings. The highest BCUT2D eigenvalue weighted by Crippen LogP contribution is 2.16. The van der Waals surface area contributed by atoms with Crippen molar-refractivity contribution in [2.45, 2.75) is 206 Å². The van der Waals surface area contributed by atoms with E-state index < -0.39 is 5.97 Å². The van der Waals surface area contributed by atoms with E-state index >= 15 is 0 Å². The maximum atomic E-state index is 12.1. The van der Waals surface area contributed by atoms with Crippen LogP contribution in [0.2, 0.25) is 0 Å². The number of esters is 1. The van der Waals surface area contributed by atoms with Crippen molar-refractivity contribution in [1.82, 2.24) is 0 Å². The fourth-order valence-corrected chi connectivity index (χ4v) is 5.28. The maximum absolute atomic E-state index is 12.1. The van der Waals surface area contributed by atoms with Crippen LogP contribution in [0, 0.1) is 0 Å². The van der Waals surface area contributed by atoms with Gasteiger partial charge in [-0.05, 0) is 32.6 Å². The largest absolute Gasteiger partial charge is 0.481 e. The topological polar surface area (TPSA) is 63.6 Å². The lowest BCUT2D eigenvalue weighted by Gasteiger charge is -2.13. The molecule has 226 valence electrons. The van der Waals surface area contributed by atoms with Gasteiger partial charge in [0.25, 0.3) is 0 Å². The van der Waals surface area contributed by atoms with Gasteiger partial charge in [0.05, 0.1) is 6.10 Å². The standard InChI is InChI=1S/C34H66O4/c1-3-4-5-6-7-8-14-19-22-25-28-31-34(37)38-32(2)29-26-23-20-17-15-12-10-9-11-13-16-18-21-24-27-30-33(35)36/h32H,3-31H2,1-2H3,(H,35,36). The van der Waals surface area contributed by atoms with E-state index in [-0.39, 0.29) is 12.1 Å². The van der Waals surface area contributed by atoms with E-state index in [9.17, 15) is 9.59 Å². The number of carboxylic acids is 1. The maximum Gasteiger partial charge on any atom is 0.306 e. The van der Waals surface area contributed by atoms with Crippen molar-refractivity contribution in [1.29, 1.82) is 0 Å². The quantitative estimate of drug-likeness (QED) is 0.0704. The molecule has 0 aromatic carbocycles. The van der Waals surface area contributed by atoms with Crippen LogP contribution in [0.4, 0.5) is 0 Å². The number of unbranched alkanes of at least 4 members (excludes halogenated alkanes) is 24. The lowest BCUT2D eigenvalue weighted by molar-refractivity contribution is -0.148. The zero-order chi connectivity index (χ0) is 27.9. The number of carbonyl (C=O) groups excluding carboxylic acids is 1. The fraction of sp³-hybridized carbons (Fsp3) is 0.941. The number of ether oxygens (including phenoxy) is 1. The van der Waals surface area contributed by atoms with Gasteiger partial charge in [-0.25, -0.2) is 0 Å². The number of carbonyl (C=O) groups is 2. The summed E-state index contributed by atoms with van der Waals surface area (Å²) in [6.45, 7) is 4.32. The Morgan fingerprint density at radius 1 is 0.500 bits per heavy atom. The molecule has 0 saturated heterocycles. The predicted molar refractivity (Wildman–Crippen MR) is 163 cm³/mol. The third kappa shape index (κ3) is 31.2. The summed E-state index contributed by atoms with van der Waals surface area (Å²) >= 11 is 0. The van der Waals surface area contributed by atoms with Gasteiger partial charge in [-0.2, -0.15) is 0 Å². The number of rotatable bonds is 31. The molecule has 0 fully saturated rings. The molecule has 1 atom stereocenters. The van der Waals surface area contributed by atoms with Crippen LogP contribution in [0.3, 0.4) is 0 Å². The van der Waals surface area contributed by atoms with Gasteiger partial charge in [-0.15, -0.1) is 0 Å². The van der Waals surface area contributed by atoms with Crippen molar-refractivity contribution in [3.8, 4) is 0 Å². The molecular weight excluding hydrogens is 472 g/mol. The van der Waals surface area contributed by atoms with Crippen molar-refractivity contribution in [2.24, 2.45) is 0 Å². The molecule has 0 radical (unpaired) electrons. The molecule has 0 spiro atoms. The van der Waals surface area contributed by atoms with E-state index in [1.54, 1.807) is 0 Å². The highest BCUT2D eigenvalue weighted by Gasteiger charge is 2.09. The van der Waals surface area contributed by atoms with E-state index in [0.717, 1.165) is 32.1 Å². The van der Waals surface area contributed by atoms with Crippen LogP contribution < -0.4 is 0 Å². The third-order valence-electron chi connectivity index (χ3n) is 7.82. The minimum Gasteiger partial charge on any atom is -0.481 e. The summed E-state index contributed by atoms with van der Waals surface area (Å²) in [6.07, 6.45) is 35.2. The highest BCUT2D eigenvalue weighted by molar-refractivity contribution is 5.69. The zero-order valence-electron chi connectivity index (χ0n) is 25.8. The Morgan fingerprint density at radius 2 is 0.816 bits per heavy atom. The van der Waals surface area contributed by atoms with Crippen LogP contribution in [-0.2, 0) is 14.3 Å². The van der Waals surface area contributed by atoms with Crippen molar-refractivity contribution < 1.29 is 19.4 Å². The number of hydrogen-bond donors (Lipinski definition) is 1. The van der Waals surface area contributed by atoms with Crippen LogP contribution in [0.5, 0.6) is 0 Å². The first-order valence-corrected chi connectivity index (χ1v) is 17.0. The van der Waals surface area contributed by atoms with Gasteiger partial charge in [-0.1, -0.05) is 155 Å². The second-order valence-electron chi connectivity index (χ2n) is 11.8. The van der Waals surface area contributed by atoms with Crippen LogP contribution in [0.25, 0.3) is 0 Å². The summed E-state index contributed by atoms with van der Waals surface area (Å²) in [7, 11) is 0. The monoisotopic (exact) mass is 538 g/mol. The van der Waals surface area contributed by atoms with Crippen molar-refractivity contribution in [2.75, 3.05) is 0 Å². The van der Waals surface area contributed by atoms with Gasteiger partial charge in [0.1, 0.15) is 0 Å². The van der Waals surface area contributed by atoms with Crippen LogP contribution in [0.15, 0.2) is 0 Å². The molecule has 0 heterocycles. The van der Waals surface area contributed by atoms with Gasteiger partial charge in [0.15, 0.2) is 0 Å². The van der Waals surface area contributed by atoms with Crippen molar-refractivity contribution in [3.63, 3.8) is 0 Å². The second-order valence-corrected chi connectivity index (χ2v) is 11.8. The molecule has 0 aliphatic heterocycles. The summed E-state index contributed by atoms with van der Waals surface area (Å²) in [5.74, 6) is -0.661. The lowest BCUT2D eigenvalue weighted by Crippen LogP contribution is -2.14. The van der Waals surface area contributed by atoms with Gasteiger partial charge < -0.3 is 9.84 Å². The van der Waals surface area contributed by atoms with Crippen molar-refractivity contribution >= 4 is 11.9 Å². The molecule has 0 amide bonds. The van der Waals surface area contributed by atoms with Crippen molar-refractivity contribution in [3.05, 3.63) is 0 Å². The Labute approximate surface area is 237 Å². The predicted octanol–water partition coefficient (Wildman–Crippen LogP) is 11.3. The number of hydrogen-bond acceptors (Lipinski definition) is 3. The Balaban J connectivity index is 3.27. The van der Waals surface area contributed by atoms with Gasteiger partial charge in [-0.3, -0.25) is 9.59 Å². The molecule has 4 heteroatoms. The summed E-state index contributed by atoms with van der Waals surface area (Å²) in [6, 6.07) is 0. The van der Waals surface area contributed by atoms with Gasteiger partial charge in [0.2, 0.25) is 0 Å². The van der Waals surface area contributed by atoms with Crippen LogP contribution in [0.1, 0.15) is 200 Å². The average Bonchev–Trinajstić information content (AvgIpc) is 2.88. The van der Waals surface area contributed by atoms with E-state index in [1.807, 2.05) is 0 Å². The van der Waals surface area contributed by atoms with Crippen LogP contribution >= 0.6 is 0 Å². The first kappa shape index (κ1) is 36.9. The zero-order valence-corrected chi connectivity index (χ0v) is 25.8. The summed E-state index contributed by atoms with van der Waals surface area (Å²) in [5, 5.41) is 8.62. The molecule has 0 aromatic heterocycles. The Hall–Kier alpha value is -1.06. The summed E-state index contributed by atoms with van der Waals surface area (Å²) < 4.78 is 5.61. The molecule has 38 heavy (non-hydrogen) atoms. The lowest BCUT2D eigenvalue weighted by atomic mass is 10.0. The SMILES string of the molecule is CCCCCCCCCCCCCC(=O)OC(C)CCCCCCCCCCCCCCCCCC(=O)O. The van der Waals surface area contributed by atoms with E-state index in [4.69, 9.17) is 9.84 Å².